The van der Waals surface area contributed by atoms with E-state index in [0.29, 0.717) is 5.92 Å². The van der Waals surface area contributed by atoms with E-state index in [2.05, 4.69) is 19.1 Å². The quantitative estimate of drug-likeness (QED) is 0.794. The number of rotatable bonds is 2. The molecule has 0 unspecified atom stereocenters. The smallest absolute Gasteiger partial charge is 0.237 e. The van der Waals surface area contributed by atoms with Crippen molar-refractivity contribution in [2.24, 2.45) is 11.3 Å². The molecule has 0 bridgehead atoms. The Hall–Kier alpha value is -1.83. The second-order valence-electron chi connectivity index (χ2n) is 5.72. The maximum Gasteiger partial charge on any atom is 0.237 e. The van der Waals surface area contributed by atoms with Crippen molar-refractivity contribution < 1.29 is 4.79 Å². The van der Waals surface area contributed by atoms with E-state index in [-0.39, 0.29) is 11.3 Å². The minimum atomic E-state index is -0.322. The van der Waals surface area contributed by atoms with Crippen LogP contribution in [0, 0.1) is 11.3 Å². The predicted octanol–water partition coefficient (Wildman–Crippen LogP) is 3.95. The average Bonchev–Trinajstić information content (AvgIpc) is 2.52. The van der Waals surface area contributed by atoms with Crippen molar-refractivity contribution in [1.29, 1.82) is 0 Å². The number of hydrogen-bond donors (Lipinski definition) is 0. The third-order valence-corrected chi connectivity index (χ3v) is 4.73. The van der Waals surface area contributed by atoms with Crippen molar-refractivity contribution >= 4 is 11.6 Å². The maximum atomic E-state index is 13.1. The Labute approximate surface area is 120 Å². The van der Waals surface area contributed by atoms with Crippen LogP contribution in [0.15, 0.2) is 54.6 Å². The second kappa shape index (κ2) is 5.28. The van der Waals surface area contributed by atoms with Gasteiger partial charge in [-0.1, -0.05) is 55.8 Å². The van der Waals surface area contributed by atoms with E-state index in [4.69, 9.17) is 0 Å². The van der Waals surface area contributed by atoms with Gasteiger partial charge >= 0.3 is 0 Å². The standard InChI is InChI=1S/C18H21NO/c1-2-15-11-14-19(16-9-5-3-6-10-16)17(20)18(15)12-7-4-8-13-18/h3-10,12,15H,2,11,13-14H2,1H3/t15-,18-/m1/s1. The van der Waals surface area contributed by atoms with Crippen molar-refractivity contribution in [3.8, 4) is 0 Å². The number of nitrogens with zero attached hydrogens (tertiary/aromatic N) is 1. The van der Waals surface area contributed by atoms with Gasteiger partial charge in [0.1, 0.15) is 0 Å². The van der Waals surface area contributed by atoms with Gasteiger partial charge in [0.15, 0.2) is 0 Å². The lowest BCUT2D eigenvalue weighted by atomic mass is 9.65. The zero-order valence-corrected chi connectivity index (χ0v) is 12.0. The molecule has 2 heteroatoms. The molecule has 0 N–H and O–H groups in total. The SMILES string of the molecule is CC[C@@H]1CCN(c2ccccc2)C(=O)[C@@]12C=CC=CC2. The number of benzene rings is 1. The monoisotopic (exact) mass is 267 g/mol. The molecule has 1 aliphatic carbocycles. The Morgan fingerprint density at radius 3 is 2.70 bits per heavy atom. The molecule has 0 saturated carbocycles. The molecular formula is C18H21NO. The summed E-state index contributed by atoms with van der Waals surface area (Å²) in [4.78, 5) is 15.1. The van der Waals surface area contributed by atoms with Crippen molar-refractivity contribution in [3.63, 3.8) is 0 Å². The van der Waals surface area contributed by atoms with Crippen LogP contribution in [0.25, 0.3) is 0 Å². The van der Waals surface area contributed by atoms with E-state index >= 15 is 0 Å². The molecule has 1 spiro atoms. The Morgan fingerprint density at radius 1 is 1.25 bits per heavy atom. The normalized spacial score (nSPS) is 29.1. The van der Waals surface area contributed by atoms with Gasteiger partial charge in [-0.15, -0.1) is 0 Å². The van der Waals surface area contributed by atoms with Crippen LogP contribution in [0.2, 0.25) is 0 Å². The van der Waals surface area contributed by atoms with Crippen LogP contribution in [0.3, 0.4) is 0 Å². The number of amides is 1. The minimum Gasteiger partial charge on any atom is -0.312 e. The molecule has 1 heterocycles. The van der Waals surface area contributed by atoms with Gasteiger partial charge in [0, 0.05) is 12.2 Å². The van der Waals surface area contributed by atoms with Crippen LogP contribution in [0.5, 0.6) is 0 Å². The predicted molar refractivity (Wildman–Crippen MR) is 82.5 cm³/mol. The van der Waals surface area contributed by atoms with Crippen molar-refractivity contribution in [3.05, 3.63) is 54.6 Å². The zero-order chi connectivity index (χ0) is 14.0. The number of piperidine rings is 1. The fourth-order valence-corrected chi connectivity index (χ4v) is 3.59. The molecule has 0 aromatic heterocycles. The summed E-state index contributed by atoms with van der Waals surface area (Å²) in [6.07, 6.45) is 11.3. The number of anilines is 1. The summed E-state index contributed by atoms with van der Waals surface area (Å²) in [5.74, 6) is 0.721. The summed E-state index contributed by atoms with van der Waals surface area (Å²) < 4.78 is 0. The number of carbonyl (C=O) groups excluding carboxylic acids is 1. The lowest BCUT2D eigenvalue weighted by Crippen LogP contribution is -2.53. The van der Waals surface area contributed by atoms with Crippen molar-refractivity contribution in [1.82, 2.24) is 0 Å². The molecule has 1 fully saturated rings. The summed E-state index contributed by atoms with van der Waals surface area (Å²) in [7, 11) is 0. The molecule has 1 saturated heterocycles. The summed E-state index contributed by atoms with van der Waals surface area (Å²) in [6.45, 7) is 3.03. The lowest BCUT2D eigenvalue weighted by Gasteiger charge is -2.46. The van der Waals surface area contributed by atoms with E-state index in [1.165, 1.54) is 0 Å². The molecule has 0 radical (unpaired) electrons. The Balaban J connectivity index is 1.97. The van der Waals surface area contributed by atoms with Gasteiger partial charge in [-0.25, -0.2) is 0 Å². The minimum absolute atomic E-state index is 0.266. The molecule has 1 aromatic rings. The number of hydrogen-bond acceptors (Lipinski definition) is 1. The highest BCUT2D eigenvalue weighted by molar-refractivity contribution is 6.00. The highest BCUT2D eigenvalue weighted by Gasteiger charge is 2.47. The zero-order valence-electron chi connectivity index (χ0n) is 12.0. The van der Waals surface area contributed by atoms with E-state index in [0.717, 1.165) is 31.5 Å². The summed E-state index contributed by atoms with van der Waals surface area (Å²) in [5.41, 5.74) is 0.701. The summed E-state index contributed by atoms with van der Waals surface area (Å²) in [6, 6.07) is 10.0. The molecule has 2 nitrogen and oxygen atoms in total. The molecule has 1 aromatic carbocycles. The molecular weight excluding hydrogens is 246 g/mol. The first-order chi connectivity index (χ1) is 9.78. The fraction of sp³-hybridized carbons (Fsp3) is 0.389. The van der Waals surface area contributed by atoms with E-state index in [1.54, 1.807) is 0 Å². The Morgan fingerprint density at radius 2 is 2.05 bits per heavy atom. The molecule has 2 atom stereocenters. The number of allylic oxidation sites excluding steroid dienone is 3. The number of para-hydroxylation sites is 1. The summed E-state index contributed by atoms with van der Waals surface area (Å²) in [5, 5.41) is 0. The van der Waals surface area contributed by atoms with Crippen molar-refractivity contribution in [2.75, 3.05) is 11.4 Å². The molecule has 104 valence electrons. The van der Waals surface area contributed by atoms with Gasteiger partial charge in [0.2, 0.25) is 5.91 Å². The van der Waals surface area contributed by atoms with Gasteiger partial charge in [-0.05, 0) is 30.9 Å². The first-order valence-electron chi connectivity index (χ1n) is 7.49. The van der Waals surface area contributed by atoms with Crippen LogP contribution in [-0.4, -0.2) is 12.5 Å². The van der Waals surface area contributed by atoms with Crippen molar-refractivity contribution in [2.45, 2.75) is 26.2 Å². The third-order valence-electron chi connectivity index (χ3n) is 4.73. The van der Waals surface area contributed by atoms with E-state index < -0.39 is 0 Å². The first-order valence-corrected chi connectivity index (χ1v) is 7.49. The van der Waals surface area contributed by atoms with E-state index in [1.807, 2.05) is 47.4 Å². The topological polar surface area (TPSA) is 20.3 Å². The van der Waals surface area contributed by atoms with Gasteiger partial charge in [-0.3, -0.25) is 4.79 Å². The Bertz CT molecular complexity index is 546. The second-order valence-corrected chi connectivity index (χ2v) is 5.72. The highest BCUT2D eigenvalue weighted by atomic mass is 16.2. The fourth-order valence-electron chi connectivity index (χ4n) is 3.59. The molecule has 1 amide bonds. The third kappa shape index (κ3) is 2.00. The van der Waals surface area contributed by atoms with Gasteiger partial charge < -0.3 is 4.90 Å². The van der Waals surface area contributed by atoms with E-state index in [9.17, 15) is 4.79 Å². The van der Waals surface area contributed by atoms with Gasteiger partial charge in [0.05, 0.1) is 5.41 Å². The highest BCUT2D eigenvalue weighted by Crippen LogP contribution is 2.45. The average molecular weight is 267 g/mol. The van der Waals surface area contributed by atoms with Crippen LogP contribution >= 0.6 is 0 Å². The Kier molecular flexibility index (Phi) is 3.47. The maximum absolute atomic E-state index is 13.1. The summed E-state index contributed by atoms with van der Waals surface area (Å²) >= 11 is 0. The van der Waals surface area contributed by atoms with Crippen LogP contribution in [-0.2, 0) is 4.79 Å². The number of carbonyl (C=O) groups is 1. The largest absolute Gasteiger partial charge is 0.312 e. The molecule has 2 aliphatic rings. The van der Waals surface area contributed by atoms with Gasteiger partial charge in [-0.2, -0.15) is 0 Å². The van der Waals surface area contributed by atoms with Gasteiger partial charge in [0.25, 0.3) is 0 Å². The lowest BCUT2D eigenvalue weighted by molar-refractivity contribution is -0.130. The molecule has 3 rings (SSSR count). The van der Waals surface area contributed by atoms with Crippen LogP contribution in [0.4, 0.5) is 5.69 Å². The first kappa shape index (κ1) is 13.2. The molecule has 20 heavy (non-hydrogen) atoms. The van der Waals surface area contributed by atoms with Crippen LogP contribution in [0.1, 0.15) is 26.2 Å². The van der Waals surface area contributed by atoms with Crippen LogP contribution < -0.4 is 4.90 Å². The molecule has 1 aliphatic heterocycles.